The summed E-state index contributed by atoms with van der Waals surface area (Å²) < 4.78 is 0. The molecule has 1 aliphatic heterocycles. The summed E-state index contributed by atoms with van der Waals surface area (Å²) in [5.74, 6) is 0.0826. The summed E-state index contributed by atoms with van der Waals surface area (Å²) in [6.07, 6.45) is 10.7. The second kappa shape index (κ2) is 7.05. The third-order valence-electron chi connectivity index (χ3n) is 6.65. The van der Waals surface area contributed by atoms with E-state index in [0.717, 1.165) is 49.7 Å². The Morgan fingerprint density at radius 2 is 1.69 bits per heavy atom. The van der Waals surface area contributed by atoms with E-state index in [1.165, 1.54) is 19.3 Å². The fourth-order valence-corrected chi connectivity index (χ4v) is 5.20. The van der Waals surface area contributed by atoms with Gasteiger partial charge in [0.15, 0.2) is 0 Å². The Balaban J connectivity index is 1.66. The van der Waals surface area contributed by atoms with E-state index in [1.807, 2.05) is 36.1 Å². The lowest BCUT2D eigenvalue weighted by molar-refractivity contribution is -0.134. The van der Waals surface area contributed by atoms with Crippen LogP contribution in [0.2, 0.25) is 0 Å². The fraction of sp³-hybridized carbons (Fsp3) is 0.636. The van der Waals surface area contributed by atoms with Crippen molar-refractivity contribution in [3.8, 4) is 0 Å². The largest absolute Gasteiger partial charge is 0.351 e. The number of hydrogen-bond acceptors (Lipinski definition) is 2. The van der Waals surface area contributed by atoms with Crippen LogP contribution in [0.5, 0.6) is 0 Å². The summed E-state index contributed by atoms with van der Waals surface area (Å²) in [6, 6.07) is 8.28. The molecule has 2 saturated carbocycles. The third kappa shape index (κ3) is 3.04. The lowest BCUT2D eigenvalue weighted by Crippen LogP contribution is -2.66. The third-order valence-corrected chi connectivity index (χ3v) is 6.65. The van der Waals surface area contributed by atoms with E-state index in [-0.39, 0.29) is 23.9 Å². The second-order valence-electron chi connectivity index (χ2n) is 8.53. The lowest BCUT2D eigenvalue weighted by Gasteiger charge is -2.47. The molecule has 2 amide bonds. The average molecular weight is 354 g/mol. The molecule has 1 N–H and O–H groups in total. The van der Waals surface area contributed by atoms with Gasteiger partial charge in [0.2, 0.25) is 5.91 Å². The maximum Gasteiger partial charge on any atom is 0.255 e. The van der Waals surface area contributed by atoms with Crippen molar-refractivity contribution in [2.45, 2.75) is 88.8 Å². The molecular weight excluding hydrogens is 324 g/mol. The van der Waals surface area contributed by atoms with Gasteiger partial charge in [0.25, 0.3) is 5.91 Å². The first-order valence-corrected chi connectivity index (χ1v) is 10.3. The van der Waals surface area contributed by atoms with Crippen LogP contribution >= 0.6 is 0 Å². The molecular formula is C22H30N2O2. The number of benzene rings is 1. The summed E-state index contributed by atoms with van der Waals surface area (Å²) >= 11 is 0. The fourth-order valence-electron chi connectivity index (χ4n) is 5.20. The van der Waals surface area contributed by atoms with Crippen molar-refractivity contribution < 1.29 is 9.59 Å². The molecule has 0 spiro atoms. The zero-order valence-electron chi connectivity index (χ0n) is 15.8. The summed E-state index contributed by atoms with van der Waals surface area (Å²) in [4.78, 5) is 28.7. The minimum Gasteiger partial charge on any atom is -0.351 e. The van der Waals surface area contributed by atoms with E-state index in [1.54, 1.807) is 0 Å². The minimum absolute atomic E-state index is 0.0409. The van der Waals surface area contributed by atoms with Crippen LogP contribution in [0.3, 0.4) is 0 Å². The van der Waals surface area contributed by atoms with Crippen LogP contribution < -0.4 is 5.32 Å². The molecule has 0 unspecified atom stereocenters. The Kier molecular flexibility index (Phi) is 4.76. The maximum atomic E-state index is 13.4. The number of nitrogens with zero attached hydrogens (tertiary/aromatic N) is 1. The molecule has 1 atom stereocenters. The molecule has 2 aliphatic carbocycles. The van der Waals surface area contributed by atoms with Gasteiger partial charge in [0.05, 0.1) is 0 Å². The number of amides is 2. The highest BCUT2D eigenvalue weighted by Gasteiger charge is 2.50. The van der Waals surface area contributed by atoms with E-state index in [4.69, 9.17) is 0 Å². The molecule has 0 radical (unpaired) electrons. The second-order valence-corrected chi connectivity index (χ2v) is 8.53. The van der Waals surface area contributed by atoms with E-state index in [9.17, 15) is 9.59 Å². The predicted octanol–water partition coefficient (Wildman–Crippen LogP) is 3.84. The molecule has 4 nitrogen and oxygen atoms in total. The van der Waals surface area contributed by atoms with Crippen molar-refractivity contribution in [2.75, 3.05) is 0 Å². The monoisotopic (exact) mass is 354 g/mol. The molecule has 3 aliphatic rings. The Labute approximate surface area is 156 Å². The standard InChI is InChI=1S/C22H30N2O2/c1-22(21(26)23-17-10-3-2-4-11-17)15-16-9-5-8-14-19(16)20(25)24(22)18-12-6-7-13-18/h5,8-9,14,17-18H,2-4,6-7,10-13,15H2,1H3,(H,23,26)/t22-/m0/s1. The van der Waals surface area contributed by atoms with Crippen LogP contribution in [0.4, 0.5) is 0 Å². The Morgan fingerprint density at radius 3 is 2.42 bits per heavy atom. The van der Waals surface area contributed by atoms with E-state index >= 15 is 0 Å². The Bertz CT molecular complexity index is 689. The van der Waals surface area contributed by atoms with E-state index in [2.05, 4.69) is 5.32 Å². The number of carbonyl (C=O) groups excluding carboxylic acids is 2. The van der Waals surface area contributed by atoms with E-state index in [0.29, 0.717) is 6.42 Å². The topological polar surface area (TPSA) is 49.4 Å². The molecule has 26 heavy (non-hydrogen) atoms. The van der Waals surface area contributed by atoms with Gasteiger partial charge in [-0.15, -0.1) is 0 Å². The molecule has 2 fully saturated rings. The highest BCUT2D eigenvalue weighted by atomic mass is 16.2. The van der Waals surface area contributed by atoms with Crippen molar-refractivity contribution in [1.29, 1.82) is 0 Å². The number of nitrogens with one attached hydrogen (secondary N) is 1. The smallest absolute Gasteiger partial charge is 0.255 e. The molecule has 4 heteroatoms. The van der Waals surface area contributed by atoms with Crippen molar-refractivity contribution in [2.24, 2.45) is 0 Å². The van der Waals surface area contributed by atoms with Crippen LogP contribution in [0, 0.1) is 0 Å². The zero-order valence-corrected chi connectivity index (χ0v) is 15.8. The van der Waals surface area contributed by atoms with Crippen LogP contribution in [0.1, 0.15) is 80.6 Å². The highest BCUT2D eigenvalue weighted by molar-refractivity contribution is 6.02. The van der Waals surface area contributed by atoms with E-state index < -0.39 is 5.54 Å². The number of fused-ring (bicyclic) bond motifs is 1. The highest BCUT2D eigenvalue weighted by Crippen LogP contribution is 2.37. The van der Waals surface area contributed by atoms with Gasteiger partial charge in [-0.25, -0.2) is 0 Å². The zero-order chi connectivity index (χ0) is 18.1. The number of carbonyl (C=O) groups is 2. The summed E-state index contributed by atoms with van der Waals surface area (Å²) in [5.41, 5.74) is 1.01. The van der Waals surface area contributed by atoms with Gasteiger partial charge < -0.3 is 10.2 Å². The molecule has 0 saturated heterocycles. The molecule has 1 aromatic rings. The normalized spacial score (nSPS) is 27.4. The molecule has 0 bridgehead atoms. The number of rotatable bonds is 3. The SMILES string of the molecule is C[C@@]1(C(=O)NC2CCCCC2)Cc2ccccc2C(=O)N1C1CCCC1. The summed E-state index contributed by atoms with van der Waals surface area (Å²) in [6.45, 7) is 1.98. The van der Waals surface area contributed by atoms with Gasteiger partial charge in [-0.2, -0.15) is 0 Å². The molecule has 4 rings (SSSR count). The molecule has 1 heterocycles. The summed E-state index contributed by atoms with van der Waals surface area (Å²) in [5, 5.41) is 3.30. The van der Waals surface area contributed by atoms with Crippen molar-refractivity contribution in [3.63, 3.8) is 0 Å². The maximum absolute atomic E-state index is 13.4. The number of hydrogen-bond donors (Lipinski definition) is 1. The van der Waals surface area contributed by atoms with Gasteiger partial charge in [0.1, 0.15) is 5.54 Å². The van der Waals surface area contributed by atoms with Crippen molar-refractivity contribution in [1.82, 2.24) is 10.2 Å². The molecule has 140 valence electrons. The first-order chi connectivity index (χ1) is 12.6. The van der Waals surface area contributed by atoms with Crippen LogP contribution in [0.25, 0.3) is 0 Å². The van der Waals surface area contributed by atoms with Gasteiger partial charge in [-0.1, -0.05) is 50.3 Å². The summed E-state index contributed by atoms with van der Waals surface area (Å²) in [7, 11) is 0. The van der Waals surface area contributed by atoms with Gasteiger partial charge >= 0.3 is 0 Å². The predicted molar refractivity (Wildman–Crippen MR) is 102 cm³/mol. The van der Waals surface area contributed by atoms with Gasteiger partial charge in [0, 0.05) is 24.1 Å². The van der Waals surface area contributed by atoms with Crippen molar-refractivity contribution in [3.05, 3.63) is 35.4 Å². The first kappa shape index (κ1) is 17.6. The van der Waals surface area contributed by atoms with Crippen LogP contribution in [-0.2, 0) is 11.2 Å². The first-order valence-electron chi connectivity index (χ1n) is 10.3. The van der Waals surface area contributed by atoms with Gasteiger partial charge in [-0.05, 0) is 44.2 Å². The lowest BCUT2D eigenvalue weighted by atomic mass is 9.81. The molecule has 1 aromatic carbocycles. The average Bonchev–Trinajstić information content (AvgIpc) is 3.16. The Hall–Kier alpha value is -1.84. The quantitative estimate of drug-likeness (QED) is 0.897. The molecule has 0 aromatic heterocycles. The van der Waals surface area contributed by atoms with Crippen molar-refractivity contribution >= 4 is 11.8 Å². The minimum atomic E-state index is -0.780. The van der Waals surface area contributed by atoms with Crippen LogP contribution in [0.15, 0.2) is 24.3 Å². The van der Waals surface area contributed by atoms with Gasteiger partial charge in [-0.3, -0.25) is 9.59 Å². The van der Waals surface area contributed by atoms with Crippen LogP contribution in [-0.4, -0.2) is 34.3 Å². The Morgan fingerprint density at radius 1 is 1.04 bits per heavy atom.